The van der Waals surface area contributed by atoms with Crippen molar-refractivity contribution in [3.63, 3.8) is 0 Å². The van der Waals surface area contributed by atoms with Crippen LogP contribution in [0.15, 0.2) is 66.8 Å². The first-order chi connectivity index (χ1) is 11.6. The summed E-state index contributed by atoms with van der Waals surface area (Å²) in [4.78, 5) is 7.93. The molecule has 0 saturated carbocycles. The van der Waals surface area contributed by atoms with E-state index in [0.29, 0.717) is 11.2 Å². The van der Waals surface area contributed by atoms with Gasteiger partial charge in [0.25, 0.3) is 0 Å². The second kappa shape index (κ2) is 6.72. The minimum atomic E-state index is -0.686. The van der Waals surface area contributed by atoms with E-state index in [2.05, 4.69) is 21.6 Å². The summed E-state index contributed by atoms with van der Waals surface area (Å²) >= 11 is 5.87. The van der Waals surface area contributed by atoms with E-state index in [4.69, 9.17) is 11.6 Å². The highest BCUT2D eigenvalue weighted by Crippen LogP contribution is 2.30. The molecule has 3 heterocycles. The maximum absolute atomic E-state index is 14.5. The lowest BCUT2D eigenvalue weighted by molar-refractivity contribution is 0.620. The van der Waals surface area contributed by atoms with Crippen LogP contribution in [-0.4, -0.2) is 19.6 Å². The molecular formula is C17H11ClF2N4. The summed E-state index contributed by atoms with van der Waals surface area (Å²) in [5.41, 5.74) is 1.38. The zero-order chi connectivity index (χ0) is 17.1. The third-order valence-corrected chi connectivity index (χ3v) is 3.45. The molecule has 7 heteroatoms. The topological polar surface area (TPSA) is 43.1 Å². The molecule has 0 radical (unpaired) electrons. The van der Waals surface area contributed by atoms with Gasteiger partial charge >= 0.3 is 0 Å². The first-order valence-corrected chi connectivity index (χ1v) is 7.27. The Hall–Kier alpha value is -2.86. The van der Waals surface area contributed by atoms with Crippen molar-refractivity contribution in [2.45, 2.75) is 0 Å². The smallest absolute Gasteiger partial charge is 0.155 e. The summed E-state index contributed by atoms with van der Waals surface area (Å²) in [7, 11) is 0. The maximum atomic E-state index is 14.5. The Labute approximate surface area is 141 Å². The fraction of sp³-hybridized carbons (Fsp3) is 0. The van der Waals surface area contributed by atoms with E-state index in [0.717, 1.165) is 12.3 Å². The lowest BCUT2D eigenvalue weighted by Crippen LogP contribution is -1.95. The minimum Gasteiger partial charge on any atom is -0.250 e. The van der Waals surface area contributed by atoms with E-state index >= 15 is 0 Å². The van der Waals surface area contributed by atoms with E-state index < -0.39 is 11.6 Å². The van der Waals surface area contributed by atoms with Gasteiger partial charge in [-0.15, -0.1) is 0 Å². The van der Waals surface area contributed by atoms with E-state index in [9.17, 15) is 8.78 Å². The fourth-order valence-corrected chi connectivity index (χ4v) is 2.37. The normalized spacial score (nSPS) is 12.6. The molecule has 4 nitrogen and oxygen atoms in total. The van der Waals surface area contributed by atoms with E-state index in [1.165, 1.54) is 24.5 Å². The van der Waals surface area contributed by atoms with Crippen LogP contribution in [0.4, 0.5) is 8.78 Å². The Kier molecular flexibility index (Phi) is 4.48. The first kappa shape index (κ1) is 16.0. The molecule has 0 aliphatic rings. The van der Waals surface area contributed by atoms with Crippen LogP contribution < -0.4 is 0 Å². The quantitative estimate of drug-likeness (QED) is 0.652. The molecule has 0 unspecified atom stereocenters. The van der Waals surface area contributed by atoms with Crippen molar-refractivity contribution in [2.75, 3.05) is 0 Å². The zero-order valence-corrected chi connectivity index (χ0v) is 13.1. The number of fused-ring (bicyclic) bond motifs is 1. The van der Waals surface area contributed by atoms with Crippen molar-refractivity contribution >= 4 is 23.1 Å². The van der Waals surface area contributed by atoms with Gasteiger partial charge in [-0.1, -0.05) is 24.3 Å². The number of allylic oxidation sites excluding steroid dienone is 4. The number of aromatic nitrogens is 4. The lowest BCUT2D eigenvalue weighted by Gasteiger charge is -2.08. The summed E-state index contributed by atoms with van der Waals surface area (Å²) in [6, 6.07) is 4.56. The Morgan fingerprint density at radius 3 is 2.92 bits per heavy atom. The van der Waals surface area contributed by atoms with Crippen molar-refractivity contribution in [3.8, 4) is 11.1 Å². The van der Waals surface area contributed by atoms with Gasteiger partial charge in [0.2, 0.25) is 0 Å². The van der Waals surface area contributed by atoms with Gasteiger partial charge in [-0.05, 0) is 35.9 Å². The monoisotopic (exact) mass is 344 g/mol. The van der Waals surface area contributed by atoms with E-state index in [-0.39, 0.29) is 16.3 Å². The van der Waals surface area contributed by atoms with Gasteiger partial charge < -0.3 is 0 Å². The summed E-state index contributed by atoms with van der Waals surface area (Å²) in [6.45, 7) is 3.49. The summed E-state index contributed by atoms with van der Waals surface area (Å²) in [6.07, 6.45) is 7.97. The zero-order valence-electron chi connectivity index (χ0n) is 12.3. The third-order valence-electron chi connectivity index (χ3n) is 3.21. The summed E-state index contributed by atoms with van der Waals surface area (Å²) in [5, 5.41) is 4.13. The standard InChI is InChI=1S/C17H11ClF2N4/c1-2-3-12(18)7-15(20)17-14(8-13(19)9-21-17)11-4-5-24-16(6-11)22-10-23-24/h2-10H,1H2/b12-3+,15-7-. The number of hydrogen-bond donors (Lipinski definition) is 0. The number of rotatable bonds is 4. The van der Waals surface area contributed by atoms with Crippen LogP contribution in [0.1, 0.15) is 5.69 Å². The number of pyridine rings is 2. The minimum absolute atomic E-state index is 0.0177. The molecule has 0 N–H and O–H groups in total. The van der Waals surface area contributed by atoms with Crippen LogP contribution in [0.3, 0.4) is 0 Å². The Bertz CT molecular complexity index is 976. The van der Waals surface area contributed by atoms with Gasteiger partial charge in [-0.2, -0.15) is 5.10 Å². The molecule has 0 fully saturated rings. The summed E-state index contributed by atoms with van der Waals surface area (Å²) < 4.78 is 29.7. The SMILES string of the molecule is C=C/C=C(Cl)\C=C(/F)c1ncc(F)cc1-c1ccn2ncnc2c1. The summed E-state index contributed by atoms with van der Waals surface area (Å²) in [5.74, 6) is -1.26. The Morgan fingerprint density at radius 1 is 1.29 bits per heavy atom. The molecule has 24 heavy (non-hydrogen) atoms. The van der Waals surface area contributed by atoms with Crippen molar-refractivity contribution in [2.24, 2.45) is 0 Å². The molecule has 0 spiro atoms. The van der Waals surface area contributed by atoms with Gasteiger partial charge in [0.15, 0.2) is 11.5 Å². The predicted octanol–water partition coefficient (Wildman–Crippen LogP) is 4.55. The second-order valence-corrected chi connectivity index (χ2v) is 5.24. The molecular weight excluding hydrogens is 334 g/mol. The molecule has 120 valence electrons. The van der Waals surface area contributed by atoms with E-state index in [1.54, 1.807) is 22.8 Å². The van der Waals surface area contributed by atoms with Crippen LogP contribution in [0.25, 0.3) is 22.6 Å². The third kappa shape index (κ3) is 3.23. The van der Waals surface area contributed by atoms with Gasteiger partial charge in [0, 0.05) is 16.8 Å². The van der Waals surface area contributed by atoms with Crippen LogP contribution in [0.2, 0.25) is 0 Å². The van der Waals surface area contributed by atoms with Gasteiger partial charge in [0.1, 0.15) is 17.8 Å². The molecule has 0 saturated heterocycles. The van der Waals surface area contributed by atoms with Gasteiger partial charge in [-0.3, -0.25) is 4.98 Å². The predicted molar refractivity (Wildman–Crippen MR) is 89.4 cm³/mol. The average molecular weight is 345 g/mol. The molecule has 0 aliphatic carbocycles. The van der Waals surface area contributed by atoms with Crippen LogP contribution in [0.5, 0.6) is 0 Å². The van der Waals surface area contributed by atoms with Crippen molar-refractivity contribution in [1.29, 1.82) is 0 Å². The van der Waals surface area contributed by atoms with Gasteiger partial charge in [0.05, 0.1) is 6.20 Å². The lowest BCUT2D eigenvalue weighted by atomic mass is 10.0. The molecule has 0 amide bonds. The molecule has 0 atom stereocenters. The van der Waals surface area contributed by atoms with Crippen molar-refractivity contribution < 1.29 is 8.78 Å². The second-order valence-electron chi connectivity index (χ2n) is 4.81. The highest BCUT2D eigenvalue weighted by Gasteiger charge is 2.14. The highest BCUT2D eigenvalue weighted by atomic mass is 35.5. The number of hydrogen-bond acceptors (Lipinski definition) is 3. The van der Waals surface area contributed by atoms with Crippen LogP contribution in [0, 0.1) is 5.82 Å². The van der Waals surface area contributed by atoms with Crippen LogP contribution in [-0.2, 0) is 0 Å². The van der Waals surface area contributed by atoms with Gasteiger partial charge in [-0.25, -0.2) is 18.3 Å². The Morgan fingerprint density at radius 2 is 2.12 bits per heavy atom. The number of halogens is 3. The molecule has 0 aromatic carbocycles. The molecule has 3 rings (SSSR count). The van der Waals surface area contributed by atoms with E-state index in [1.807, 2.05) is 0 Å². The molecule has 3 aromatic heterocycles. The first-order valence-electron chi connectivity index (χ1n) is 6.89. The highest BCUT2D eigenvalue weighted by molar-refractivity contribution is 6.31. The number of nitrogens with zero attached hydrogens (tertiary/aromatic N) is 4. The molecule has 0 aliphatic heterocycles. The molecule has 0 bridgehead atoms. The fourth-order valence-electron chi connectivity index (χ4n) is 2.18. The Balaban J connectivity index is 2.15. The van der Waals surface area contributed by atoms with Crippen molar-refractivity contribution in [1.82, 2.24) is 19.6 Å². The molecule has 3 aromatic rings. The average Bonchev–Trinajstić information content (AvgIpc) is 3.02. The largest absolute Gasteiger partial charge is 0.250 e. The maximum Gasteiger partial charge on any atom is 0.155 e. The van der Waals surface area contributed by atoms with Crippen LogP contribution >= 0.6 is 11.6 Å². The van der Waals surface area contributed by atoms with Crippen molar-refractivity contribution in [3.05, 3.63) is 78.3 Å².